The van der Waals surface area contributed by atoms with E-state index in [1.54, 1.807) is 7.05 Å². The van der Waals surface area contributed by atoms with Gasteiger partial charge in [0.25, 0.3) is 5.91 Å². The maximum atomic E-state index is 13.4. The lowest BCUT2D eigenvalue weighted by Crippen LogP contribution is -2.39. The van der Waals surface area contributed by atoms with Crippen molar-refractivity contribution in [1.29, 1.82) is 0 Å². The van der Waals surface area contributed by atoms with Gasteiger partial charge in [0.2, 0.25) is 0 Å². The van der Waals surface area contributed by atoms with Crippen molar-refractivity contribution in [3.8, 4) is 0 Å². The minimum atomic E-state index is -0.665. The van der Waals surface area contributed by atoms with Gasteiger partial charge in [-0.15, -0.1) is 0 Å². The number of nitrogens with one attached hydrogen (secondary N) is 1. The van der Waals surface area contributed by atoms with E-state index in [9.17, 15) is 9.59 Å². The lowest BCUT2D eigenvalue weighted by atomic mass is 9.70. The summed E-state index contributed by atoms with van der Waals surface area (Å²) < 4.78 is 6.41. The lowest BCUT2D eigenvalue weighted by Gasteiger charge is -2.38. The van der Waals surface area contributed by atoms with Crippen LogP contribution in [0.4, 0.5) is 0 Å². The summed E-state index contributed by atoms with van der Waals surface area (Å²) in [5.74, 6) is -0.167. The van der Waals surface area contributed by atoms with E-state index in [0.29, 0.717) is 24.3 Å². The SMILES string of the molecule is CNC(=O)c1ccc(C[C@@]2(C3=Cc4ccccc4C3)Cc3ccccc3[C@H]2OC(=O)[C@@H](N)CC(C)C)cc1. The highest BCUT2D eigenvalue weighted by molar-refractivity contribution is 5.93. The monoisotopic (exact) mass is 508 g/mol. The van der Waals surface area contributed by atoms with E-state index in [0.717, 1.165) is 24.0 Å². The van der Waals surface area contributed by atoms with Crippen molar-refractivity contribution < 1.29 is 14.3 Å². The van der Waals surface area contributed by atoms with Crippen molar-refractivity contribution in [3.05, 3.63) is 112 Å². The molecule has 0 aromatic heterocycles. The Kier molecular flexibility index (Phi) is 7.22. The zero-order valence-electron chi connectivity index (χ0n) is 22.4. The molecule has 0 fully saturated rings. The summed E-state index contributed by atoms with van der Waals surface area (Å²) in [5.41, 5.74) is 13.6. The second kappa shape index (κ2) is 10.6. The average molecular weight is 509 g/mol. The molecule has 0 radical (unpaired) electrons. The van der Waals surface area contributed by atoms with Crippen molar-refractivity contribution in [1.82, 2.24) is 5.32 Å². The number of ether oxygens (including phenoxy) is 1. The smallest absolute Gasteiger partial charge is 0.323 e. The minimum absolute atomic E-state index is 0.112. The molecule has 0 bridgehead atoms. The molecule has 5 heteroatoms. The molecule has 0 heterocycles. The Morgan fingerprint density at radius 3 is 2.37 bits per heavy atom. The van der Waals surface area contributed by atoms with Gasteiger partial charge >= 0.3 is 5.97 Å². The number of esters is 1. The van der Waals surface area contributed by atoms with Crippen LogP contribution in [0.25, 0.3) is 6.08 Å². The molecule has 3 aromatic rings. The van der Waals surface area contributed by atoms with Crippen molar-refractivity contribution in [3.63, 3.8) is 0 Å². The number of amides is 1. The fraction of sp³-hybridized carbons (Fsp3) is 0.333. The summed E-state index contributed by atoms with van der Waals surface area (Å²) in [6.45, 7) is 4.12. The molecule has 5 rings (SSSR count). The van der Waals surface area contributed by atoms with Gasteiger partial charge in [-0.2, -0.15) is 0 Å². The third-order valence-electron chi connectivity index (χ3n) is 7.98. The first-order valence-corrected chi connectivity index (χ1v) is 13.4. The molecule has 1 amide bonds. The Hall–Kier alpha value is -3.70. The van der Waals surface area contributed by atoms with Crippen molar-refractivity contribution in [2.75, 3.05) is 7.05 Å². The van der Waals surface area contributed by atoms with E-state index in [-0.39, 0.29) is 11.9 Å². The molecule has 2 aliphatic carbocycles. The first-order chi connectivity index (χ1) is 18.3. The van der Waals surface area contributed by atoms with Crippen LogP contribution in [-0.2, 0) is 28.8 Å². The van der Waals surface area contributed by atoms with E-state index < -0.39 is 17.6 Å². The van der Waals surface area contributed by atoms with Crippen molar-refractivity contribution >= 4 is 18.0 Å². The highest BCUT2D eigenvalue weighted by Crippen LogP contribution is 2.56. The van der Waals surface area contributed by atoms with Crippen LogP contribution in [0.3, 0.4) is 0 Å². The van der Waals surface area contributed by atoms with Crippen molar-refractivity contribution in [2.24, 2.45) is 17.1 Å². The molecule has 0 unspecified atom stereocenters. The Balaban J connectivity index is 1.58. The number of benzene rings is 3. The fourth-order valence-corrected chi connectivity index (χ4v) is 6.10. The second-order valence-electron chi connectivity index (χ2n) is 11.1. The molecule has 0 spiro atoms. The molecule has 2 aliphatic rings. The topological polar surface area (TPSA) is 81.4 Å². The molecular formula is C33H36N2O3. The molecular weight excluding hydrogens is 472 g/mol. The standard InChI is InChI=1S/C33H36N2O3/c1-21(2)16-29(34)32(37)38-30-28-11-7-6-10-26(28)20-33(30,27-17-24-8-4-5-9-25(24)18-27)19-22-12-14-23(15-13-22)31(36)35-3/h4-15,17,21,29-30H,16,18-20,34H2,1-3H3,(H,35,36)/t29-,30+,33-/m0/s1. The third-order valence-corrected chi connectivity index (χ3v) is 7.98. The Morgan fingerprint density at radius 2 is 1.68 bits per heavy atom. The van der Waals surface area contributed by atoms with Crippen molar-refractivity contribution in [2.45, 2.75) is 51.7 Å². The number of hydrogen-bond donors (Lipinski definition) is 2. The van der Waals surface area contributed by atoms with Gasteiger partial charge in [-0.05, 0) is 71.6 Å². The van der Waals surface area contributed by atoms with E-state index in [2.05, 4.69) is 61.6 Å². The molecule has 0 aliphatic heterocycles. The number of rotatable bonds is 8. The number of nitrogens with two attached hydrogens (primary N) is 1. The van der Waals surface area contributed by atoms with Crippen LogP contribution in [0, 0.1) is 11.3 Å². The normalized spacial score (nSPS) is 20.4. The molecule has 3 atom stereocenters. The van der Waals surface area contributed by atoms with Crippen LogP contribution in [-0.4, -0.2) is 25.0 Å². The van der Waals surface area contributed by atoms with Crippen LogP contribution in [0.2, 0.25) is 0 Å². The number of carbonyl (C=O) groups is 2. The Morgan fingerprint density at radius 1 is 1.00 bits per heavy atom. The maximum Gasteiger partial charge on any atom is 0.323 e. The largest absolute Gasteiger partial charge is 0.455 e. The van der Waals surface area contributed by atoms with Crippen LogP contribution >= 0.6 is 0 Å². The van der Waals surface area contributed by atoms with Crippen LogP contribution in [0.15, 0.2) is 78.4 Å². The molecule has 38 heavy (non-hydrogen) atoms. The molecule has 3 aromatic carbocycles. The number of hydrogen-bond acceptors (Lipinski definition) is 4. The van der Waals surface area contributed by atoms with Gasteiger partial charge in [-0.1, -0.05) is 86.2 Å². The van der Waals surface area contributed by atoms with Gasteiger partial charge < -0.3 is 15.8 Å². The Labute approximate surface area is 225 Å². The Bertz CT molecular complexity index is 1370. The zero-order chi connectivity index (χ0) is 26.9. The zero-order valence-corrected chi connectivity index (χ0v) is 22.4. The van der Waals surface area contributed by atoms with Gasteiger partial charge in [-0.25, -0.2) is 0 Å². The average Bonchev–Trinajstić information content (AvgIpc) is 3.48. The van der Waals surface area contributed by atoms with E-state index in [1.165, 1.54) is 22.3 Å². The summed E-state index contributed by atoms with van der Waals surface area (Å²) in [7, 11) is 1.63. The second-order valence-corrected chi connectivity index (χ2v) is 11.1. The third kappa shape index (κ3) is 4.91. The first kappa shape index (κ1) is 25.9. The highest BCUT2D eigenvalue weighted by atomic mass is 16.5. The molecule has 3 N–H and O–H groups in total. The molecule has 0 saturated heterocycles. The first-order valence-electron chi connectivity index (χ1n) is 13.4. The molecule has 196 valence electrons. The van der Waals surface area contributed by atoms with E-state index >= 15 is 0 Å². The molecule has 5 nitrogen and oxygen atoms in total. The van der Waals surface area contributed by atoms with Crippen LogP contribution in [0.1, 0.15) is 64.5 Å². The fourth-order valence-electron chi connectivity index (χ4n) is 6.10. The van der Waals surface area contributed by atoms with Gasteiger partial charge in [0.1, 0.15) is 12.1 Å². The number of fused-ring (bicyclic) bond motifs is 2. The summed E-state index contributed by atoms with van der Waals surface area (Å²) in [5, 5.41) is 2.68. The van der Waals surface area contributed by atoms with Crippen LogP contribution < -0.4 is 11.1 Å². The maximum absolute atomic E-state index is 13.4. The van der Waals surface area contributed by atoms with Gasteiger partial charge in [-0.3, -0.25) is 9.59 Å². The lowest BCUT2D eigenvalue weighted by molar-refractivity contribution is -0.156. The molecule has 0 saturated carbocycles. The predicted molar refractivity (Wildman–Crippen MR) is 151 cm³/mol. The van der Waals surface area contributed by atoms with Gasteiger partial charge in [0, 0.05) is 18.0 Å². The highest BCUT2D eigenvalue weighted by Gasteiger charge is 2.51. The van der Waals surface area contributed by atoms with Gasteiger partial charge in [0.15, 0.2) is 0 Å². The minimum Gasteiger partial charge on any atom is -0.455 e. The quantitative estimate of drug-likeness (QED) is 0.398. The van der Waals surface area contributed by atoms with Crippen LogP contribution in [0.5, 0.6) is 0 Å². The summed E-state index contributed by atoms with van der Waals surface area (Å²) in [6.07, 6.45) is 4.66. The van der Waals surface area contributed by atoms with E-state index in [4.69, 9.17) is 10.5 Å². The summed E-state index contributed by atoms with van der Waals surface area (Å²) >= 11 is 0. The summed E-state index contributed by atoms with van der Waals surface area (Å²) in [6, 6.07) is 23.8. The number of carbonyl (C=O) groups excluding carboxylic acids is 2. The summed E-state index contributed by atoms with van der Waals surface area (Å²) in [4.78, 5) is 25.5. The van der Waals surface area contributed by atoms with E-state index in [1.807, 2.05) is 36.4 Å². The van der Waals surface area contributed by atoms with Gasteiger partial charge in [0.05, 0.1) is 0 Å². The predicted octanol–water partition coefficient (Wildman–Crippen LogP) is 5.43.